The Morgan fingerprint density at radius 3 is 2.83 bits per heavy atom. The van der Waals surface area contributed by atoms with Crippen molar-refractivity contribution >= 4 is 28.2 Å². The maximum Gasteiger partial charge on any atom is 0.226 e. The van der Waals surface area contributed by atoms with Gasteiger partial charge in [0.2, 0.25) is 11.0 Å². The molecule has 3 rings (SSSR count). The Morgan fingerprint density at radius 1 is 1.25 bits per heavy atom. The predicted octanol–water partition coefficient (Wildman–Crippen LogP) is 4.32. The van der Waals surface area contributed by atoms with E-state index >= 15 is 0 Å². The third-order valence-electron chi connectivity index (χ3n) is 3.16. The first-order valence-electron chi connectivity index (χ1n) is 7.57. The third kappa shape index (κ3) is 4.27. The van der Waals surface area contributed by atoms with Gasteiger partial charge in [0.15, 0.2) is 4.34 Å². The molecule has 1 aromatic carbocycles. The van der Waals surface area contributed by atoms with Crippen LogP contribution in [0.1, 0.15) is 19.0 Å². The van der Waals surface area contributed by atoms with Crippen molar-refractivity contribution in [2.24, 2.45) is 0 Å². The number of hydrogen-bond donors (Lipinski definition) is 1. The number of aromatic nitrogens is 3. The maximum absolute atomic E-state index is 5.56. The van der Waals surface area contributed by atoms with Crippen molar-refractivity contribution in [1.29, 1.82) is 0 Å². The van der Waals surface area contributed by atoms with Crippen LogP contribution in [0.15, 0.2) is 39.3 Å². The van der Waals surface area contributed by atoms with Crippen LogP contribution in [-0.4, -0.2) is 28.8 Å². The number of ether oxygens (including phenoxy) is 1. The van der Waals surface area contributed by atoms with E-state index in [-0.39, 0.29) is 0 Å². The van der Waals surface area contributed by atoms with E-state index in [9.17, 15) is 0 Å². The zero-order valence-electron chi connectivity index (χ0n) is 13.5. The second-order valence-corrected chi connectivity index (χ2v) is 7.16. The van der Waals surface area contributed by atoms with Gasteiger partial charge in [-0.3, -0.25) is 0 Å². The molecule has 0 unspecified atom stereocenters. The molecule has 0 amide bonds. The highest BCUT2D eigenvalue weighted by molar-refractivity contribution is 8.00. The Labute approximate surface area is 148 Å². The summed E-state index contributed by atoms with van der Waals surface area (Å²) in [6, 6.07) is 7.63. The normalized spacial score (nSPS) is 10.8. The van der Waals surface area contributed by atoms with E-state index in [2.05, 4.69) is 27.4 Å². The largest absolute Gasteiger partial charge is 0.497 e. The summed E-state index contributed by atoms with van der Waals surface area (Å²) in [5.74, 6) is 2.11. The molecule has 0 fully saturated rings. The van der Waals surface area contributed by atoms with Gasteiger partial charge in [-0.2, -0.15) is 0 Å². The molecule has 0 saturated carbocycles. The minimum absolute atomic E-state index is 0.607. The van der Waals surface area contributed by atoms with Crippen LogP contribution < -0.4 is 10.1 Å². The molecule has 6 nitrogen and oxygen atoms in total. The zero-order valence-corrected chi connectivity index (χ0v) is 15.1. The number of hydrogen-bond acceptors (Lipinski definition) is 8. The molecular formula is C16H18N4O2S2. The molecular weight excluding hydrogens is 344 g/mol. The van der Waals surface area contributed by atoms with Crippen molar-refractivity contribution in [1.82, 2.24) is 15.2 Å². The fourth-order valence-corrected chi connectivity index (χ4v) is 3.60. The van der Waals surface area contributed by atoms with Crippen molar-refractivity contribution in [2.45, 2.75) is 23.4 Å². The number of thioether (sulfide) groups is 1. The Balaban J connectivity index is 1.58. The molecule has 2 heterocycles. The zero-order chi connectivity index (χ0) is 16.8. The molecule has 0 aliphatic rings. The Bertz CT molecular complexity index is 770. The second kappa shape index (κ2) is 8.16. The molecule has 0 radical (unpaired) electrons. The molecule has 0 atom stereocenters. The average molecular weight is 362 g/mol. The minimum atomic E-state index is 0.607. The van der Waals surface area contributed by atoms with Gasteiger partial charge >= 0.3 is 0 Å². The van der Waals surface area contributed by atoms with Crippen molar-refractivity contribution in [3.63, 3.8) is 0 Å². The number of methoxy groups -OCH3 is 1. The number of benzene rings is 1. The topological polar surface area (TPSA) is 73.1 Å². The van der Waals surface area contributed by atoms with E-state index in [4.69, 9.17) is 9.15 Å². The van der Waals surface area contributed by atoms with Gasteiger partial charge in [0, 0.05) is 17.9 Å². The molecule has 0 spiro atoms. The van der Waals surface area contributed by atoms with E-state index in [1.165, 1.54) is 0 Å². The van der Waals surface area contributed by atoms with E-state index in [1.54, 1.807) is 36.5 Å². The molecule has 0 aliphatic heterocycles. The van der Waals surface area contributed by atoms with Crippen LogP contribution in [0, 0.1) is 0 Å². The first-order valence-corrected chi connectivity index (χ1v) is 9.37. The monoisotopic (exact) mass is 362 g/mol. The SMILES string of the molecule is CCCNc1nnc(SCc2coc(-c3ccc(OC)cc3)n2)s1. The lowest BCUT2D eigenvalue weighted by Crippen LogP contribution is -1.98. The Hall–Kier alpha value is -2.06. The molecule has 0 saturated heterocycles. The smallest absolute Gasteiger partial charge is 0.226 e. The molecule has 24 heavy (non-hydrogen) atoms. The van der Waals surface area contributed by atoms with Crippen LogP contribution in [0.4, 0.5) is 5.13 Å². The molecule has 3 aromatic rings. The van der Waals surface area contributed by atoms with Crippen LogP contribution in [0.5, 0.6) is 5.75 Å². The van der Waals surface area contributed by atoms with Crippen LogP contribution in [0.2, 0.25) is 0 Å². The van der Waals surface area contributed by atoms with E-state index in [0.29, 0.717) is 11.6 Å². The van der Waals surface area contributed by atoms with Gasteiger partial charge < -0.3 is 14.5 Å². The lowest BCUT2D eigenvalue weighted by atomic mass is 10.2. The Morgan fingerprint density at radius 2 is 2.08 bits per heavy atom. The summed E-state index contributed by atoms with van der Waals surface area (Å²) in [6.07, 6.45) is 2.75. The van der Waals surface area contributed by atoms with Crippen LogP contribution >= 0.6 is 23.1 Å². The minimum Gasteiger partial charge on any atom is -0.497 e. The first kappa shape index (κ1) is 16.8. The van der Waals surface area contributed by atoms with Gasteiger partial charge in [-0.15, -0.1) is 10.2 Å². The van der Waals surface area contributed by atoms with Gasteiger partial charge in [0.05, 0.1) is 12.8 Å². The molecule has 0 aliphatic carbocycles. The molecule has 2 aromatic heterocycles. The van der Waals surface area contributed by atoms with Gasteiger partial charge in [0.25, 0.3) is 0 Å². The van der Waals surface area contributed by atoms with Crippen molar-refractivity contribution in [2.75, 3.05) is 19.0 Å². The van der Waals surface area contributed by atoms with E-state index in [1.807, 2.05) is 24.3 Å². The second-order valence-electron chi connectivity index (χ2n) is 4.96. The summed E-state index contributed by atoms with van der Waals surface area (Å²) < 4.78 is 11.6. The number of nitrogens with one attached hydrogen (secondary N) is 1. The number of rotatable bonds is 8. The predicted molar refractivity (Wildman–Crippen MR) is 96.7 cm³/mol. The number of oxazole rings is 1. The number of anilines is 1. The summed E-state index contributed by atoms with van der Waals surface area (Å²) in [5, 5.41) is 12.4. The average Bonchev–Trinajstić information content (AvgIpc) is 3.27. The molecule has 1 N–H and O–H groups in total. The lowest BCUT2D eigenvalue weighted by Gasteiger charge is -1.99. The van der Waals surface area contributed by atoms with Crippen molar-refractivity contribution in [3.8, 4) is 17.2 Å². The number of nitrogens with zero attached hydrogens (tertiary/aromatic N) is 3. The fourth-order valence-electron chi connectivity index (χ4n) is 1.95. The van der Waals surface area contributed by atoms with Gasteiger partial charge in [-0.05, 0) is 30.7 Å². The standard InChI is InChI=1S/C16H18N4O2S2/c1-3-8-17-15-19-20-16(24-15)23-10-12-9-22-14(18-12)11-4-6-13(21-2)7-5-11/h4-7,9H,3,8,10H2,1-2H3,(H,17,19). The van der Waals surface area contributed by atoms with Gasteiger partial charge in [-0.1, -0.05) is 30.0 Å². The van der Waals surface area contributed by atoms with Crippen LogP contribution in [0.3, 0.4) is 0 Å². The molecule has 126 valence electrons. The summed E-state index contributed by atoms with van der Waals surface area (Å²) in [5.41, 5.74) is 1.80. The molecule has 0 bridgehead atoms. The van der Waals surface area contributed by atoms with Gasteiger partial charge in [-0.25, -0.2) is 4.98 Å². The molecule has 8 heteroatoms. The van der Waals surface area contributed by atoms with Crippen molar-refractivity contribution in [3.05, 3.63) is 36.2 Å². The Kier molecular flexibility index (Phi) is 5.71. The quantitative estimate of drug-likeness (QED) is 0.598. The highest BCUT2D eigenvalue weighted by Gasteiger charge is 2.09. The van der Waals surface area contributed by atoms with E-state index in [0.717, 1.165) is 39.4 Å². The fraction of sp³-hybridized carbons (Fsp3) is 0.312. The van der Waals surface area contributed by atoms with E-state index < -0.39 is 0 Å². The lowest BCUT2D eigenvalue weighted by molar-refractivity contribution is 0.415. The highest BCUT2D eigenvalue weighted by Crippen LogP contribution is 2.29. The van der Waals surface area contributed by atoms with Crippen LogP contribution in [-0.2, 0) is 5.75 Å². The van der Waals surface area contributed by atoms with Crippen LogP contribution in [0.25, 0.3) is 11.5 Å². The maximum atomic E-state index is 5.56. The summed E-state index contributed by atoms with van der Waals surface area (Å²) in [6.45, 7) is 3.03. The summed E-state index contributed by atoms with van der Waals surface area (Å²) in [4.78, 5) is 4.52. The van der Waals surface area contributed by atoms with Gasteiger partial charge in [0.1, 0.15) is 12.0 Å². The highest BCUT2D eigenvalue weighted by atomic mass is 32.2. The third-order valence-corrected chi connectivity index (χ3v) is 5.21. The summed E-state index contributed by atoms with van der Waals surface area (Å²) in [7, 11) is 1.64. The van der Waals surface area contributed by atoms with Crippen molar-refractivity contribution < 1.29 is 9.15 Å². The first-order chi connectivity index (χ1) is 11.8. The summed E-state index contributed by atoms with van der Waals surface area (Å²) >= 11 is 3.16.